The zero-order chi connectivity index (χ0) is 17.8. The number of carbonyl (C=O) groups is 2. The van der Waals surface area contributed by atoms with E-state index in [4.69, 9.17) is 18.9 Å². The molecular formula is C16H17N3O6. The third kappa shape index (κ3) is 1.89. The van der Waals surface area contributed by atoms with Crippen molar-refractivity contribution in [1.29, 1.82) is 0 Å². The monoisotopic (exact) mass is 347 g/mol. The van der Waals surface area contributed by atoms with Crippen LogP contribution in [0.1, 0.15) is 5.56 Å². The van der Waals surface area contributed by atoms with Crippen molar-refractivity contribution in [2.75, 3.05) is 32.1 Å². The second-order valence-electron chi connectivity index (χ2n) is 5.97. The van der Waals surface area contributed by atoms with E-state index in [2.05, 4.69) is 10.3 Å². The predicted octanol–water partition coefficient (Wildman–Crippen LogP) is -0.0782. The number of likely N-dealkylation sites (N-methyl/N-ethyl adjacent to an activating group) is 1. The lowest BCUT2D eigenvalue weighted by atomic mass is 10.0. The van der Waals surface area contributed by atoms with Crippen molar-refractivity contribution >= 4 is 23.5 Å². The molecule has 1 saturated heterocycles. The quantitative estimate of drug-likeness (QED) is 0.586. The fourth-order valence-corrected chi connectivity index (χ4v) is 3.28. The first-order valence-electron chi connectivity index (χ1n) is 7.77. The van der Waals surface area contributed by atoms with Crippen LogP contribution in [0.2, 0.25) is 0 Å². The molecule has 9 nitrogen and oxygen atoms in total. The van der Waals surface area contributed by atoms with Gasteiger partial charge in [-0.1, -0.05) is 6.07 Å². The number of ether oxygens (including phenoxy) is 4. The molecule has 1 N–H and O–H groups in total. The summed E-state index contributed by atoms with van der Waals surface area (Å²) in [6, 6.07) is 5.48. The van der Waals surface area contributed by atoms with Crippen molar-refractivity contribution in [1.82, 2.24) is 5.32 Å². The van der Waals surface area contributed by atoms with Gasteiger partial charge in [0.1, 0.15) is 5.75 Å². The number of carbonyl (C=O) groups excluding carboxylic acids is 2. The molecule has 0 aliphatic carbocycles. The molecule has 3 heterocycles. The topological polar surface area (TPSA) is 98.7 Å². The Kier molecular flexibility index (Phi) is 3.20. The van der Waals surface area contributed by atoms with Gasteiger partial charge in [0.2, 0.25) is 0 Å². The Hall–Kier alpha value is -2.81. The SMILES string of the molecule is COC1(C2=NCCN2)Oc2ccc(C)cc2N(C)C12OC(=O)C(=O)O2. The molecule has 1 spiro atoms. The van der Waals surface area contributed by atoms with E-state index < -0.39 is 23.6 Å². The highest BCUT2D eigenvalue weighted by atomic mass is 16.9. The van der Waals surface area contributed by atoms with Gasteiger partial charge in [0, 0.05) is 20.7 Å². The van der Waals surface area contributed by atoms with Crippen molar-refractivity contribution < 1.29 is 28.5 Å². The smallest absolute Gasteiger partial charge is 0.422 e. The Labute approximate surface area is 143 Å². The summed E-state index contributed by atoms with van der Waals surface area (Å²) in [5.41, 5.74) is 1.55. The number of esters is 2. The van der Waals surface area contributed by atoms with Gasteiger partial charge in [-0.25, -0.2) is 9.59 Å². The summed E-state index contributed by atoms with van der Waals surface area (Å²) in [6.45, 7) is 2.97. The van der Waals surface area contributed by atoms with E-state index in [9.17, 15) is 9.59 Å². The van der Waals surface area contributed by atoms with Gasteiger partial charge < -0.3 is 24.3 Å². The summed E-state index contributed by atoms with van der Waals surface area (Å²) in [5.74, 6) is -5.21. The molecule has 9 heteroatoms. The van der Waals surface area contributed by atoms with Crippen LogP contribution in [0.4, 0.5) is 5.69 Å². The molecule has 0 saturated carbocycles. The highest BCUT2D eigenvalue weighted by Crippen LogP contribution is 2.49. The minimum Gasteiger partial charge on any atom is -0.445 e. The number of nitrogens with one attached hydrogen (secondary N) is 1. The zero-order valence-electron chi connectivity index (χ0n) is 14.0. The van der Waals surface area contributed by atoms with Gasteiger partial charge in [0.15, 0.2) is 5.84 Å². The molecule has 0 amide bonds. The van der Waals surface area contributed by atoms with Crippen LogP contribution >= 0.6 is 0 Å². The lowest BCUT2D eigenvalue weighted by Crippen LogP contribution is -2.75. The first-order chi connectivity index (χ1) is 11.9. The van der Waals surface area contributed by atoms with Crippen molar-refractivity contribution in [3.63, 3.8) is 0 Å². The Morgan fingerprint density at radius 3 is 2.56 bits per heavy atom. The first-order valence-corrected chi connectivity index (χ1v) is 7.77. The minimum atomic E-state index is -1.97. The molecule has 132 valence electrons. The van der Waals surface area contributed by atoms with Crippen molar-refractivity contribution in [3.8, 4) is 5.75 Å². The first kappa shape index (κ1) is 15.7. The summed E-state index contributed by atoms with van der Waals surface area (Å²) in [6.07, 6.45) is 0. The highest BCUT2D eigenvalue weighted by molar-refractivity contribution is 6.31. The van der Waals surface area contributed by atoms with Gasteiger partial charge in [-0.05, 0) is 24.6 Å². The number of hydrogen-bond donors (Lipinski definition) is 1. The van der Waals surface area contributed by atoms with Crippen LogP contribution in [0.15, 0.2) is 23.2 Å². The van der Waals surface area contributed by atoms with E-state index in [0.29, 0.717) is 24.5 Å². The van der Waals surface area contributed by atoms with Gasteiger partial charge in [-0.15, -0.1) is 0 Å². The number of benzene rings is 1. The number of methoxy groups -OCH3 is 1. The van der Waals surface area contributed by atoms with Crippen molar-refractivity contribution in [3.05, 3.63) is 23.8 Å². The number of rotatable bonds is 2. The third-order valence-corrected chi connectivity index (χ3v) is 4.49. The molecular weight excluding hydrogens is 330 g/mol. The van der Waals surface area contributed by atoms with Crippen LogP contribution in [-0.4, -0.2) is 56.7 Å². The van der Waals surface area contributed by atoms with Crippen LogP contribution in [0.5, 0.6) is 5.75 Å². The summed E-state index contributed by atoms with van der Waals surface area (Å²) in [4.78, 5) is 29.7. The molecule has 25 heavy (non-hydrogen) atoms. The Balaban J connectivity index is 1.96. The van der Waals surface area contributed by atoms with Crippen LogP contribution in [0.3, 0.4) is 0 Å². The maximum Gasteiger partial charge on any atom is 0.422 e. The number of aliphatic imine (C=N–C) groups is 1. The third-order valence-electron chi connectivity index (χ3n) is 4.49. The number of fused-ring (bicyclic) bond motifs is 1. The second-order valence-corrected chi connectivity index (χ2v) is 5.97. The second kappa shape index (κ2) is 5.09. The molecule has 0 radical (unpaired) electrons. The van der Waals surface area contributed by atoms with Crippen LogP contribution in [0.25, 0.3) is 0 Å². The molecule has 1 fully saturated rings. The Morgan fingerprint density at radius 1 is 1.24 bits per heavy atom. The molecule has 0 bridgehead atoms. The van der Waals surface area contributed by atoms with E-state index in [1.807, 2.05) is 19.1 Å². The fourth-order valence-electron chi connectivity index (χ4n) is 3.28. The number of aryl methyl sites for hydroxylation is 1. The van der Waals surface area contributed by atoms with Gasteiger partial charge >= 0.3 is 23.6 Å². The largest absolute Gasteiger partial charge is 0.445 e. The van der Waals surface area contributed by atoms with E-state index >= 15 is 0 Å². The van der Waals surface area contributed by atoms with Crippen molar-refractivity contribution in [2.45, 2.75) is 18.6 Å². The fraction of sp³-hybridized carbons (Fsp3) is 0.438. The molecule has 1 atom stereocenters. The lowest BCUT2D eigenvalue weighted by molar-refractivity contribution is -0.309. The highest BCUT2D eigenvalue weighted by Gasteiger charge is 2.74. The minimum absolute atomic E-state index is 0.288. The summed E-state index contributed by atoms with van der Waals surface area (Å²) < 4.78 is 22.5. The van der Waals surface area contributed by atoms with Gasteiger partial charge in [0.05, 0.1) is 12.2 Å². The standard InChI is InChI=1S/C16H17N3O6/c1-9-4-5-11-10(8-9)19(2)16(24-12(20)13(21)25-16)15(22-3,23-11)14-17-6-7-18-14/h4-5,8H,6-7H2,1-3H3,(H,17,18). The molecule has 3 aliphatic rings. The lowest BCUT2D eigenvalue weighted by Gasteiger charge is -2.50. The number of amidine groups is 1. The van der Waals surface area contributed by atoms with Crippen LogP contribution in [0, 0.1) is 6.92 Å². The molecule has 1 aromatic rings. The molecule has 1 unspecified atom stereocenters. The summed E-state index contributed by atoms with van der Waals surface area (Å²) in [5, 5.41) is 3.05. The average molecular weight is 347 g/mol. The number of anilines is 1. The molecule has 0 aromatic heterocycles. The predicted molar refractivity (Wildman–Crippen MR) is 85.2 cm³/mol. The number of hydrogen-bond acceptors (Lipinski definition) is 9. The summed E-state index contributed by atoms with van der Waals surface area (Å²) in [7, 11) is 3.01. The van der Waals surface area contributed by atoms with E-state index in [1.54, 1.807) is 13.1 Å². The maximum absolute atomic E-state index is 11.9. The zero-order valence-corrected chi connectivity index (χ0v) is 14.0. The molecule has 1 aromatic carbocycles. The van der Waals surface area contributed by atoms with Gasteiger partial charge in [-0.3, -0.25) is 9.89 Å². The van der Waals surface area contributed by atoms with E-state index in [1.165, 1.54) is 12.0 Å². The molecule has 4 rings (SSSR count). The van der Waals surface area contributed by atoms with Crippen LogP contribution in [-0.2, 0) is 23.8 Å². The average Bonchev–Trinajstić information content (AvgIpc) is 3.22. The van der Waals surface area contributed by atoms with Gasteiger partial charge in [-0.2, -0.15) is 0 Å². The maximum atomic E-state index is 11.9. The van der Waals surface area contributed by atoms with Crippen LogP contribution < -0.4 is 15.0 Å². The van der Waals surface area contributed by atoms with Crippen molar-refractivity contribution in [2.24, 2.45) is 4.99 Å². The van der Waals surface area contributed by atoms with Gasteiger partial charge in [0.25, 0.3) is 0 Å². The Morgan fingerprint density at radius 2 is 1.96 bits per heavy atom. The normalized spacial score (nSPS) is 26.5. The Bertz CT molecular complexity index is 791. The number of nitrogens with zero attached hydrogens (tertiary/aromatic N) is 2. The van der Waals surface area contributed by atoms with E-state index in [-0.39, 0.29) is 5.84 Å². The molecule has 3 aliphatic heterocycles. The van der Waals surface area contributed by atoms with E-state index in [0.717, 1.165) is 5.56 Å². The summed E-state index contributed by atoms with van der Waals surface area (Å²) >= 11 is 0.